The molecule has 0 spiro atoms. The van der Waals surface area contributed by atoms with Crippen molar-refractivity contribution < 1.29 is 13.9 Å². The third kappa shape index (κ3) is 3.90. The first-order valence-electron chi connectivity index (χ1n) is 10.6. The Labute approximate surface area is 200 Å². The molecule has 1 amide bonds. The zero-order chi connectivity index (χ0) is 25.4. The van der Waals surface area contributed by atoms with Crippen molar-refractivity contribution in [2.24, 2.45) is 19.1 Å². The van der Waals surface area contributed by atoms with Crippen LogP contribution in [0.25, 0.3) is 28.2 Å². The topological polar surface area (TPSA) is 108 Å². The molecule has 0 unspecified atom stereocenters. The molecule has 10 nitrogen and oxygen atoms in total. The summed E-state index contributed by atoms with van der Waals surface area (Å²) in [5.41, 5.74) is 2.89. The number of nitrogens with zero attached hydrogens (tertiary/aromatic N) is 6. The molecule has 1 N–H and O–H groups in total. The van der Waals surface area contributed by atoms with Crippen molar-refractivity contribution in [3.05, 3.63) is 64.3 Å². The van der Waals surface area contributed by atoms with Crippen molar-refractivity contribution in [1.82, 2.24) is 29.2 Å². The first-order valence-corrected chi connectivity index (χ1v) is 10.6. The van der Waals surface area contributed by atoms with Gasteiger partial charge in [-0.15, -0.1) is 0 Å². The molecule has 4 rings (SSSR count). The van der Waals surface area contributed by atoms with Crippen LogP contribution in [0.15, 0.2) is 46.6 Å². The lowest BCUT2D eigenvalue weighted by Gasteiger charge is -2.15. The van der Waals surface area contributed by atoms with Crippen LogP contribution in [0.5, 0.6) is 5.75 Å². The fourth-order valence-corrected chi connectivity index (χ4v) is 3.93. The maximum absolute atomic E-state index is 15.2. The quantitative estimate of drug-likeness (QED) is 0.430. The average molecular weight is 478 g/mol. The number of ether oxygens (including phenoxy) is 1. The van der Waals surface area contributed by atoms with Crippen LogP contribution in [0.3, 0.4) is 0 Å². The fraction of sp³-hybridized carbons (Fsp3) is 0.208. The second-order valence-corrected chi connectivity index (χ2v) is 7.85. The lowest BCUT2D eigenvalue weighted by molar-refractivity contribution is 0.0962. The first kappa shape index (κ1) is 23.6. The first-order chi connectivity index (χ1) is 16.7. The van der Waals surface area contributed by atoms with Gasteiger partial charge in [0, 0.05) is 62.0 Å². The van der Waals surface area contributed by atoms with Crippen LogP contribution >= 0.6 is 0 Å². The van der Waals surface area contributed by atoms with Crippen molar-refractivity contribution in [2.45, 2.75) is 6.92 Å². The number of aryl methyl sites for hydroxylation is 1. The molecule has 0 saturated carbocycles. The van der Waals surface area contributed by atoms with Gasteiger partial charge in [-0.05, 0) is 25.8 Å². The van der Waals surface area contributed by atoms with E-state index >= 15 is 4.39 Å². The summed E-state index contributed by atoms with van der Waals surface area (Å²) in [5, 5.41) is 6.65. The van der Waals surface area contributed by atoms with Gasteiger partial charge >= 0.3 is 5.69 Å². The van der Waals surface area contributed by atoms with E-state index in [1.807, 2.05) is 6.20 Å². The van der Waals surface area contributed by atoms with Gasteiger partial charge in [0.2, 0.25) is 0 Å². The van der Waals surface area contributed by atoms with Crippen molar-refractivity contribution in [1.29, 1.82) is 0 Å². The predicted octanol–water partition coefficient (Wildman–Crippen LogP) is 2.79. The third-order valence-corrected chi connectivity index (χ3v) is 5.83. The molecule has 3 aromatic heterocycles. The van der Waals surface area contributed by atoms with Crippen LogP contribution in [0.4, 0.5) is 10.1 Å². The van der Waals surface area contributed by atoms with E-state index in [4.69, 9.17) is 4.74 Å². The van der Waals surface area contributed by atoms with Gasteiger partial charge in [-0.25, -0.2) is 18.7 Å². The predicted molar refractivity (Wildman–Crippen MR) is 130 cm³/mol. The molecule has 4 aromatic rings. The Hall–Kier alpha value is -4.54. The summed E-state index contributed by atoms with van der Waals surface area (Å²) in [6.45, 7) is 5.41. The number of nitrogens with one attached hydrogen (secondary N) is 1. The molecule has 1 aromatic carbocycles. The van der Waals surface area contributed by atoms with Gasteiger partial charge in [0.1, 0.15) is 5.75 Å². The van der Waals surface area contributed by atoms with E-state index in [2.05, 4.69) is 27.1 Å². The van der Waals surface area contributed by atoms with E-state index in [1.165, 1.54) is 22.4 Å². The summed E-state index contributed by atoms with van der Waals surface area (Å²) in [4.78, 5) is 33.4. The van der Waals surface area contributed by atoms with E-state index in [-0.39, 0.29) is 11.4 Å². The Balaban J connectivity index is 2.04. The average Bonchev–Trinajstić information content (AvgIpc) is 3.39. The number of aromatic nitrogens is 5. The zero-order valence-corrected chi connectivity index (χ0v) is 20.0. The van der Waals surface area contributed by atoms with Crippen LogP contribution in [0, 0.1) is 12.7 Å². The maximum Gasteiger partial charge on any atom is 0.334 e. The van der Waals surface area contributed by atoms with Gasteiger partial charge in [0.15, 0.2) is 11.6 Å². The molecule has 0 aliphatic heterocycles. The van der Waals surface area contributed by atoms with Crippen LogP contribution < -0.4 is 15.7 Å². The SMILES string of the molecule is C=Nc1cc(OC)c(-c2cnn(C)c2)cc1-c1c(C)n(C)c(=O)n1-c1ncc(C(=O)NC)cc1F. The number of pyridine rings is 1. The third-order valence-electron chi connectivity index (χ3n) is 5.83. The Morgan fingerprint density at radius 3 is 2.51 bits per heavy atom. The van der Waals surface area contributed by atoms with Crippen molar-refractivity contribution in [2.75, 3.05) is 14.2 Å². The molecule has 180 valence electrons. The number of hydrogen-bond donors (Lipinski definition) is 1. The molecule has 3 heterocycles. The molecule has 0 radical (unpaired) electrons. The van der Waals surface area contributed by atoms with E-state index in [1.54, 1.807) is 51.1 Å². The molecule has 0 saturated heterocycles. The van der Waals surface area contributed by atoms with Gasteiger partial charge in [-0.3, -0.25) is 19.0 Å². The number of hydrogen-bond acceptors (Lipinski definition) is 6. The van der Waals surface area contributed by atoms with Gasteiger partial charge in [-0.2, -0.15) is 5.10 Å². The standard InChI is InChI=1S/C24H24FN7O3/c1-13-21(17-8-16(15-11-29-30(4)12-15)20(35-6)9-19(17)26-2)32(24(34)31(13)5)22-18(25)7-14(10-28-22)23(33)27-3/h7-12H,2H2,1,3-6H3,(H,27,33). The Bertz CT molecular complexity index is 1530. The minimum Gasteiger partial charge on any atom is -0.496 e. The largest absolute Gasteiger partial charge is 0.496 e. The minimum absolute atomic E-state index is 0.0350. The molecule has 0 bridgehead atoms. The highest BCUT2D eigenvalue weighted by Crippen LogP contribution is 2.42. The number of aliphatic imine (C=N–C) groups is 1. The number of carbonyl (C=O) groups is 1. The summed E-state index contributed by atoms with van der Waals surface area (Å²) >= 11 is 0. The highest BCUT2D eigenvalue weighted by atomic mass is 19.1. The Morgan fingerprint density at radius 1 is 1.20 bits per heavy atom. The molecule has 11 heteroatoms. The van der Waals surface area contributed by atoms with Crippen LogP contribution in [0.2, 0.25) is 0 Å². The normalized spacial score (nSPS) is 10.9. The monoisotopic (exact) mass is 477 g/mol. The van der Waals surface area contributed by atoms with Crippen molar-refractivity contribution >= 4 is 18.3 Å². The smallest absolute Gasteiger partial charge is 0.334 e. The minimum atomic E-state index is -0.825. The van der Waals surface area contributed by atoms with E-state index in [9.17, 15) is 9.59 Å². The number of halogens is 1. The van der Waals surface area contributed by atoms with Crippen molar-refractivity contribution in [3.8, 4) is 34.0 Å². The number of amides is 1. The van der Waals surface area contributed by atoms with E-state index < -0.39 is 17.4 Å². The lowest BCUT2D eigenvalue weighted by atomic mass is 10.00. The summed E-state index contributed by atoms with van der Waals surface area (Å²) in [7, 11) is 6.36. The molecule has 35 heavy (non-hydrogen) atoms. The van der Waals surface area contributed by atoms with Gasteiger partial charge in [0.25, 0.3) is 5.91 Å². The van der Waals surface area contributed by atoms with E-state index in [0.717, 1.165) is 11.6 Å². The number of methoxy groups -OCH3 is 1. The number of benzene rings is 1. The van der Waals surface area contributed by atoms with Crippen molar-refractivity contribution in [3.63, 3.8) is 0 Å². The van der Waals surface area contributed by atoms with Crippen LogP contribution in [-0.4, -0.2) is 50.7 Å². The van der Waals surface area contributed by atoms with E-state index in [0.29, 0.717) is 34.0 Å². The lowest BCUT2D eigenvalue weighted by Crippen LogP contribution is -2.24. The second-order valence-electron chi connectivity index (χ2n) is 7.85. The molecule has 0 aliphatic carbocycles. The van der Waals surface area contributed by atoms with Crippen LogP contribution in [0.1, 0.15) is 16.1 Å². The Kier molecular flexibility index (Phi) is 6.08. The summed E-state index contributed by atoms with van der Waals surface area (Å²) in [5.74, 6) is -1.02. The van der Waals surface area contributed by atoms with Gasteiger partial charge < -0.3 is 10.1 Å². The summed E-state index contributed by atoms with van der Waals surface area (Å²) in [6, 6.07) is 4.54. The Morgan fingerprint density at radius 2 is 1.94 bits per heavy atom. The highest BCUT2D eigenvalue weighted by Gasteiger charge is 2.25. The van der Waals surface area contributed by atoms with Gasteiger partial charge in [-0.1, -0.05) is 0 Å². The molecular formula is C24H24FN7O3. The maximum atomic E-state index is 15.2. The molecule has 0 aliphatic rings. The molecular weight excluding hydrogens is 453 g/mol. The second kappa shape index (κ2) is 9.01. The number of imidazole rings is 1. The fourth-order valence-electron chi connectivity index (χ4n) is 3.93. The highest BCUT2D eigenvalue weighted by molar-refractivity contribution is 5.93. The number of carbonyl (C=O) groups excluding carboxylic acids is 1. The number of rotatable bonds is 6. The molecule has 0 fully saturated rings. The molecule has 0 atom stereocenters. The summed E-state index contributed by atoms with van der Waals surface area (Å²) in [6.07, 6.45) is 4.73. The summed E-state index contributed by atoms with van der Waals surface area (Å²) < 4.78 is 25.0. The zero-order valence-electron chi connectivity index (χ0n) is 20.0. The van der Waals surface area contributed by atoms with Gasteiger partial charge in [0.05, 0.1) is 30.3 Å². The van der Waals surface area contributed by atoms with Crippen LogP contribution in [-0.2, 0) is 14.1 Å².